The van der Waals surface area contributed by atoms with Crippen molar-refractivity contribution in [2.24, 2.45) is 5.92 Å². The van der Waals surface area contributed by atoms with Crippen LogP contribution in [0.2, 0.25) is 0 Å². The molecule has 0 saturated carbocycles. The third-order valence-electron chi connectivity index (χ3n) is 4.09. The van der Waals surface area contributed by atoms with Gasteiger partial charge >= 0.3 is 0 Å². The average molecular weight is 341 g/mol. The lowest BCUT2D eigenvalue weighted by Crippen LogP contribution is -2.28. The number of benzene rings is 1. The fraction of sp³-hybridized carbons (Fsp3) is 0.278. The van der Waals surface area contributed by atoms with Crippen LogP contribution in [0.1, 0.15) is 6.42 Å². The van der Waals surface area contributed by atoms with Crippen molar-refractivity contribution in [3.8, 4) is 11.5 Å². The summed E-state index contributed by atoms with van der Waals surface area (Å²) < 4.78 is 10.5. The Morgan fingerprint density at radius 1 is 1.24 bits per heavy atom. The van der Waals surface area contributed by atoms with E-state index in [1.165, 1.54) is 7.11 Å². The summed E-state index contributed by atoms with van der Waals surface area (Å²) in [6.07, 6.45) is 1.75. The fourth-order valence-electron chi connectivity index (χ4n) is 2.79. The number of amides is 2. The van der Waals surface area contributed by atoms with Crippen molar-refractivity contribution >= 4 is 23.3 Å². The molecule has 1 aliphatic heterocycles. The highest BCUT2D eigenvalue weighted by Gasteiger charge is 2.36. The molecule has 1 atom stereocenters. The van der Waals surface area contributed by atoms with Crippen molar-refractivity contribution in [2.75, 3.05) is 31.0 Å². The van der Waals surface area contributed by atoms with E-state index >= 15 is 0 Å². The van der Waals surface area contributed by atoms with Crippen molar-refractivity contribution < 1.29 is 19.1 Å². The number of nitrogens with zero attached hydrogens (tertiary/aromatic N) is 2. The lowest BCUT2D eigenvalue weighted by Gasteiger charge is -2.20. The third kappa shape index (κ3) is 3.55. The van der Waals surface area contributed by atoms with Gasteiger partial charge in [-0.15, -0.1) is 0 Å². The maximum Gasteiger partial charge on any atom is 0.230 e. The number of methoxy groups -OCH3 is 2. The van der Waals surface area contributed by atoms with E-state index < -0.39 is 5.92 Å². The lowest BCUT2D eigenvalue weighted by molar-refractivity contribution is -0.122. The first kappa shape index (κ1) is 16.8. The Labute approximate surface area is 145 Å². The molecule has 2 heterocycles. The molecule has 7 nitrogen and oxygen atoms in total. The van der Waals surface area contributed by atoms with Crippen LogP contribution >= 0.6 is 0 Å². The second-order valence-corrected chi connectivity index (χ2v) is 5.65. The van der Waals surface area contributed by atoms with E-state index in [2.05, 4.69) is 10.3 Å². The van der Waals surface area contributed by atoms with E-state index in [9.17, 15) is 9.59 Å². The van der Waals surface area contributed by atoms with Gasteiger partial charge in [0.2, 0.25) is 11.8 Å². The predicted molar refractivity (Wildman–Crippen MR) is 92.9 cm³/mol. The topological polar surface area (TPSA) is 80.8 Å². The maximum absolute atomic E-state index is 12.4. The zero-order valence-electron chi connectivity index (χ0n) is 14.1. The molecule has 1 fully saturated rings. The van der Waals surface area contributed by atoms with Crippen LogP contribution in [0.5, 0.6) is 11.5 Å². The number of carbonyl (C=O) groups is 2. The van der Waals surface area contributed by atoms with E-state index in [1.807, 2.05) is 0 Å². The second kappa shape index (κ2) is 7.21. The van der Waals surface area contributed by atoms with Gasteiger partial charge < -0.3 is 19.7 Å². The van der Waals surface area contributed by atoms with Crippen molar-refractivity contribution in [1.29, 1.82) is 0 Å². The summed E-state index contributed by atoms with van der Waals surface area (Å²) in [5.41, 5.74) is 0.626. The normalized spacial score (nSPS) is 16.6. The van der Waals surface area contributed by atoms with Gasteiger partial charge in [-0.2, -0.15) is 0 Å². The molecule has 7 heteroatoms. The number of aromatic nitrogens is 1. The molecule has 1 N–H and O–H groups in total. The zero-order valence-corrected chi connectivity index (χ0v) is 14.1. The largest absolute Gasteiger partial charge is 0.497 e. The van der Waals surface area contributed by atoms with Crippen molar-refractivity contribution in [1.82, 2.24) is 4.98 Å². The first-order valence-electron chi connectivity index (χ1n) is 7.86. The molecule has 1 aromatic heterocycles. The van der Waals surface area contributed by atoms with E-state index in [1.54, 1.807) is 54.6 Å². The third-order valence-corrected chi connectivity index (χ3v) is 4.09. The summed E-state index contributed by atoms with van der Waals surface area (Å²) in [7, 11) is 3.09. The van der Waals surface area contributed by atoms with Crippen LogP contribution in [-0.2, 0) is 9.59 Å². The van der Waals surface area contributed by atoms with Crippen molar-refractivity contribution in [3.63, 3.8) is 0 Å². The van der Waals surface area contributed by atoms with Crippen molar-refractivity contribution in [2.45, 2.75) is 6.42 Å². The van der Waals surface area contributed by atoms with Crippen LogP contribution in [0.25, 0.3) is 0 Å². The van der Waals surface area contributed by atoms with Crippen LogP contribution in [0.15, 0.2) is 42.6 Å². The molecule has 0 unspecified atom stereocenters. The number of anilines is 2. The first-order valence-corrected chi connectivity index (χ1v) is 7.86. The molecule has 1 saturated heterocycles. The van der Waals surface area contributed by atoms with E-state index in [-0.39, 0.29) is 18.2 Å². The standard InChI is InChI=1S/C18H19N3O4/c1-24-13-6-7-14(15(10-13)25-2)21-11-12(9-17(21)22)18(23)20-16-5-3-4-8-19-16/h3-8,10,12H,9,11H2,1-2H3,(H,19,20,23)/t12-/m0/s1. The monoisotopic (exact) mass is 341 g/mol. The fourth-order valence-corrected chi connectivity index (χ4v) is 2.79. The average Bonchev–Trinajstić information content (AvgIpc) is 3.03. The molecule has 2 aromatic rings. The summed E-state index contributed by atoms with van der Waals surface area (Å²) >= 11 is 0. The summed E-state index contributed by atoms with van der Waals surface area (Å²) in [5.74, 6) is 0.851. The van der Waals surface area contributed by atoms with Crippen LogP contribution in [0.4, 0.5) is 11.5 Å². The number of hydrogen-bond acceptors (Lipinski definition) is 5. The molecule has 3 rings (SSSR count). The Morgan fingerprint density at radius 3 is 2.76 bits per heavy atom. The van der Waals surface area contributed by atoms with E-state index in [4.69, 9.17) is 9.47 Å². The molecule has 1 aromatic carbocycles. The lowest BCUT2D eigenvalue weighted by atomic mass is 10.1. The summed E-state index contributed by atoms with van der Waals surface area (Å²) in [6, 6.07) is 10.5. The van der Waals surface area contributed by atoms with Gasteiger partial charge in [0.25, 0.3) is 0 Å². The number of carbonyl (C=O) groups excluding carboxylic acids is 2. The second-order valence-electron chi connectivity index (χ2n) is 5.65. The zero-order chi connectivity index (χ0) is 17.8. The summed E-state index contributed by atoms with van der Waals surface area (Å²) in [4.78, 5) is 30.5. The smallest absolute Gasteiger partial charge is 0.230 e. The maximum atomic E-state index is 12.4. The van der Waals surface area contributed by atoms with Gasteiger partial charge in [0, 0.05) is 25.2 Å². The molecular weight excluding hydrogens is 322 g/mol. The molecule has 25 heavy (non-hydrogen) atoms. The summed E-state index contributed by atoms with van der Waals surface area (Å²) in [5, 5.41) is 2.74. The minimum absolute atomic E-state index is 0.121. The van der Waals surface area contributed by atoms with Gasteiger partial charge in [-0.1, -0.05) is 6.07 Å². The van der Waals surface area contributed by atoms with E-state index in [0.29, 0.717) is 29.5 Å². The van der Waals surface area contributed by atoms with Gasteiger partial charge in [-0.05, 0) is 24.3 Å². The van der Waals surface area contributed by atoms with Crippen molar-refractivity contribution in [3.05, 3.63) is 42.6 Å². The van der Waals surface area contributed by atoms with Crippen LogP contribution in [0.3, 0.4) is 0 Å². The molecule has 0 bridgehead atoms. The number of hydrogen-bond donors (Lipinski definition) is 1. The molecular formula is C18H19N3O4. The Morgan fingerprint density at radius 2 is 2.08 bits per heavy atom. The van der Waals surface area contributed by atoms with Crippen LogP contribution in [-0.4, -0.2) is 37.6 Å². The van der Waals surface area contributed by atoms with Gasteiger partial charge in [0.05, 0.1) is 25.8 Å². The molecule has 130 valence electrons. The predicted octanol–water partition coefficient (Wildman–Crippen LogP) is 2.09. The number of rotatable bonds is 5. The Bertz CT molecular complexity index is 779. The number of ether oxygens (including phenoxy) is 2. The van der Waals surface area contributed by atoms with Gasteiger partial charge in [-0.25, -0.2) is 4.98 Å². The highest BCUT2D eigenvalue weighted by Crippen LogP contribution is 2.35. The van der Waals surface area contributed by atoms with E-state index in [0.717, 1.165) is 0 Å². The number of pyridine rings is 1. The summed E-state index contributed by atoms with van der Waals surface area (Å²) in [6.45, 7) is 0.292. The highest BCUT2D eigenvalue weighted by atomic mass is 16.5. The Balaban J connectivity index is 1.75. The molecule has 0 spiro atoms. The highest BCUT2D eigenvalue weighted by molar-refractivity contribution is 6.04. The van der Waals surface area contributed by atoms with Crippen LogP contribution in [0, 0.1) is 5.92 Å². The minimum atomic E-state index is -0.443. The van der Waals surface area contributed by atoms with Crippen LogP contribution < -0.4 is 19.7 Å². The first-order chi connectivity index (χ1) is 12.1. The Kier molecular flexibility index (Phi) is 4.83. The minimum Gasteiger partial charge on any atom is -0.497 e. The van der Waals surface area contributed by atoms with Gasteiger partial charge in [-0.3, -0.25) is 9.59 Å². The SMILES string of the molecule is COc1ccc(N2C[C@@H](C(=O)Nc3ccccn3)CC2=O)c(OC)c1. The Hall–Kier alpha value is -3.09. The number of nitrogens with one attached hydrogen (secondary N) is 1. The molecule has 0 aliphatic carbocycles. The van der Waals surface area contributed by atoms with Gasteiger partial charge in [0.1, 0.15) is 17.3 Å². The molecule has 2 amide bonds. The molecule has 1 aliphatic rings. The quantitative estimate of drug-likeness (QED) is 0.901. The van der Waals surface area contributed by atoms with Gasteiger partial charge in [0.15, 0.2) is 0 Å². The molecule has 0 radical (unpaired) electrons.